The lowest BCUT2D eigenvalue weighted by atomic mass is 9.91. The van der Waals surface area contributed by atoms with E-state index in [-0.39, 0.29) is 76.3 Å². The molecular formula is C32H30F2N6O3. The van der Waals surface area contributed by atoms with Crippen molar-refractivity contribution in [2.75, 3.05) is 29.0 Å². The molecule has 3 aliphatic rings. The van der Waals surface area contributed by atoms with Crippen LogP contribution in [0, 0.1) is 24.0 Å². The van der Waals surface area contributed by atoms with Gasteiger partial charge in [0, 0.05) is 48.1 Å². The number of halogens is 2. The average molecular weight is 585 g/mol. The number of benzene rings is 2. The highest BCUT2D eigenvalue weighted by Crippen LogP contribution is 2.49. The maximum Gasteiger partial charge on any atom is 0.305 e. The Balaban J connectivity index is 1.55. The van der Waals surface area contributed by atoms with E-state index in [1.54, 1.807) is 0 Å². The molecular weight excluding hydrogens is 554 g/mol. The molecule has 3 aliphatic heterocycles. The molecule has 2 aromatic heterocycles. The molecule has 0 spiro atoms. The summed E-state index contributed by atoms with van der Waals surface area (Å²) < 4.78 is 31.8. The number of phenols is 1. The van der Waals surface area contributed by atoms with Crippen LogP contribution in [0.2, 0.25) is 0 Å². The van der Waals surface area contributed by atoms with Gasteiger partial charge in [0.2, 0.25) is 0 Å². The van der Waals surface area contributed by atoms with E-state index >= 15 is 4.39 Å². The van der Waals surface area contributed by atoms with Gasteiger partial charge >= 0.3 is 5.97 Å². The third kappa shape index (κ3) is 4.19. The van der Waals surface area contributed by atoms with Crippen molar-refractivity contribution in [2.24, 2.45) is 0 Å². The monoisotopic (exact) mass is 584 g/mol. The van der Waals surface area contributed by atoms with Crippen molar-refractivity contribution in [3.05, 3.63) is 47.2 Å². The van der Waals surface area contributed by atoms with Crippen LogP contribution in [0.1, 0.15) is 49.8 Å². The molecule has 5 heterocycles. The van der Waals surface area contributed by atoms with Crippen molar-refractivity contribution in [3.63, 3.8) is 0 Å². The van der Waals surface area contributed by atoms with Gasteiger partial charge in [-0.15, -0.1) is 6.42 Å². The number of nitrogens with two attached hydrogens (primary N) is 1. The van der Waals surface area contributed by atoms with Crippen LogP contribution < -0.4 is 21.3 Å². The van der Waals surface area contributed by atoms with Crippen molar-refractivity contribution in [1.82, 2.24) is 15.3 Å². The van der Waals surface area contributed by atoms with Gasteiger partial charge in [-0.2, -0.15) is 0 Å². The SMILES string of the molecule is C#Cc1c(F)ccc2cc(O)cc(-c3nc4c5c(c(N)c(NCCC(=O)O)nc5c3F)N3CC5CCC(N5)C3C[C@@H]4C)c12. The number of hydrogen-bond donors (Lipinski definition) is 5. The fourth-order valence-corrected chi connectivity index (χ4v) is 7.24. The van der Waals surface area contributed by atoms with Crippen molar-refractivity contribution < 1.29 is 23.8 Å². The second-order valence-corrected chi connectivity index (χ2v) is 11.7. The first-order chi connectivity index (χ1) is 20.7. The number of phenolic OH excluding ortho intramolecular Hbond substituents is 1. The van der Waals surface area contributed by atoms with Crippen molar-refractivity contribution in [1.29, 1.82) is 0 Å². The molecule has 0 amide bonds. The van der Waals surface area contributed by atoms with E-state index < -0.39 is 17.6 Å². The Morgan fingerprint density at radius 2 is 2.07 bits per heavy atom. The van der Waals surface area contributed by atoms with Crippen molar-refractivity contribution >= 4 is 44.8 Å². The van der Waals surface area contributed by atoms with Gasteiger partial charge < -0.3 is 31.5 Å². The Morgan fingerprint density at radius 3 is 2.84 bits per heavy atom. The van der Waals surface area contributed by atoms with Gasteiger partial charge in [0.05, 0.1) is 34.4 Å². The number of aromatic nitrogens is 2. The van der Waals surface area contributed by atoms with Gasteiger partial charge in [0.15, 0.2) is 11.6 Å². The number of terminal acetylenes is 1. The number of aromatic hydroxyl groups is 1. The molecule has 7 rings (SSSR count). The molecule has 4 aromatic rings. The van der Waals surface area contributed by atoms with Gasteiger partial charge in [-0.25, -0.2) is 18.7 Å². The largest absolute Gasteiger partial charge is 0.508 e. The van der Waals surface area contributed by atoms with Gasteiger partial charge in [0.25, 0.3) is 0 Å². The van der Waals surface area contributed by atoms with Crippen LogP contribution in [0.3, 0.4) is 0 Å². The number of nitrogens with one attached hydrogen (secondary N) is 2. The molecule has 43 heavy (non-hydrogen) atoms. The third-order valence-corrected chi connectivity index (χ3v) is 9.10. The van der Waals surface area contributed by atoms with E-state index in [9.17, 15) is 19.4 Å². The molecule has 4 atom stereocenters. The predicted octanol–water partition coefficient (Wildman–Crippen LogP) is 4.70. The van der Waals surface area contributed by atoms with Gasteiger partial charge in [-0.1, -0.05) is 18.9 Å². The minimum Gasteiger partial charge on any atom is -0.508 e. The van der Waals surface area contributed by atoms with E-state index in [1.807, 2.05) is 6.92 Å². The molecule has 0 saturated carbocycles. The second kappa shape index (κ2) is 9.95. The first-order valence-electron chi connectivity index (χ1n) is 14.4. The molecule has 2 saturated heterocycles. The number of nitrogens with zero attached hydrogens (tertiary/aromatic N) is 3. The van der Waals surface area contributed by atoms with Crippen LogP contribution in [0.5, 0.6) is 5.75 Å². The minimum absolute atomic E-state index is 0.00978. The number of piperazine rings is 1. The number of fused-ring (bicyclic) bond motifs is 6. The smallest absolute Gasteiger partial charge is 0.305 e. The quantitative estimate of drug-likeness (QED) is 0.212. The summed E-state index contributed by atoms with van der Waals surface area (Å²) in [5, 5.41) is 27.7. The highest BCUT2D eigenvalue weighted by molar-refractivity contribution is 6.07. The van der Waals surface area contributed by atoms with Crippen molar-refractivity contribution in [2.45, 2.75) is 56.7 Å². The maximum atomic E-state index is 16.9. The lowest BCUT2D eigenvalue weighted by Gasteiger charge is -2.43. The molecule has 6 N–H and O–H groups in total. The van der Waals surface area contributed by atoms with Gasteiger partial charge in [0.1, 0.15) is 22.8 Å². The molecule has 0 aliphatic carbocycles. The van der Waals surface area contributed by atoms with Crippen LogP contribution in [0.15, 0.2) is 24.3 Å². The first kappa shape index (κ1) is 27.2. The number of carboxylic acid groups (broad SMARTS) is 1. The summed E-state index contributed by atoms with van der Waals surface area (Å²) in [4.78, 5) is 23.0. The standard InChI is InChI=1S/C32H30F2N6O3/c1-3-18-20(33)6-4-15-11-17(41)12-19(24(15)18)29-26(34)30-25-28(38-29)14(2)10-22-21-7-5-16(37-21)13-40(22)31(25)27(35)32(39-30)36-9-8-23(42)43/h1,4,6,11-12,14,16,21-22,37,41H,5,7-10,13,35H2,2H3,(H,36,39)(H,42,43)/t14-,16?,21?,22?/m0/s1. The Kier molecular flexibility index (Phi) is 6.29. The number of rotatable bonds is 5. The van der Waals surface area contributed by atoms with Gasteiger partial charge in [-0.05, 0) is 42.8 Å². The minimum atomic E-state index is -0.996. The third-order valence-electron chi connectivity index (χ3n) is 9.10. The zero-order chi connectivity index (χ0) is 30.2. The normalized spacial score (nSPS) is 22.3. The lowest BCUT2D eigenvalue weighted by Crippen LogP contribution is -2.58. The predicted molar refractivity (Wildman–Crippen MR) is 161 cm³/mol. The van der Waals surface area contributed by atoms with E-state index in [4.69, 9.17) is 17.1 Å². The summed E-state index contributed by atoms with van der Waals surface area (Å²) >= 11 is 0. The zero-order valence-electron chi connectivity index (χ0n) is 23.4. The molecule has 2 bridgehead atoms. The van der Waals surface area contributed by atoms with E-state index in [2.05, 4.69) is 26.4 Å². The number of carboxylic acids is 1. The highest BCUT2D eigenvalue weighted by atomic mass is 19.1. The van der Waals surface area contributed by atoms with Gasteiger partial charge in [-0.3, -0.25) is 4.79 Å². The summed E-state index contributed by atoms with van der Waals surface area (Å²) in [6.07, 6.45) is 8.28. The fraction of sp³-hybridized carbons (Fsp3) is 0.344. The lowest BCUT2D eigenvalue weighted by molar-refractivity contribution is -0.136. The molecule has 11 heteroatoms. The molecule has 2 aromatic carbocycles. The van der Waals surface area contributed by atoms with Crippen LogP contribution in [-0.4, -0.2) is 57.4 Å². The topological polar surface area (TPSA) is 137 Å². The Labute approximate surface area is 246 Å². The molecule has 3 unspecified atom stereocenters. The number of pyridine rings is 2. The summed E-state index contributed by atoms with van der Waals surface area (Å²) in [6, 6.07) is 6.02. The molecule has 2 fully saturated rings. The summed E-state index contributed by atoms with van der Waals surface area (Å²) in [5.41, 5.74) is 8.31. The number of aliphatic carboxylic acids is 1. The average Bonchev–Trinajstić information content (AvgIpc) is 3.31. The first-order valence-corrected chi connectivity index (χ1v) is 14.4. The maximum absolute atomic E-state index is 16.9. The Bertz CT molecular complexity index is 1890. The van der Waals surface area contributed by atoms with Crippen LogP contribution >= 0.6 is 0 Å². The zero-order valence-corrected chi connectivity index (χ0v) is 23.4. The fourth-order valence-electron chi connectivity index (χ4n) is 7.24. The summed E-state index contributed by atoms with van der Waals surface area (Å²) in [5.74, 6) is -0.139. The second-order valence-electron chi connectivity index (χ2n) is 11.7. The van der Waals surface area contributed by atoms with Crippen LogP contribution in [-0.2, 0) is 4.79 Å². The van der Waals surface area contributed by atoms with E-state index in [0.29, 0.717) is 34.4 Å². The van der Waals surface area contributed by atoms with Crippen LogP contribution in [0.4, 0.5) is 26.0 Å². The summed E-state index contributed by atoms with van der Waals surface area (Å²) in [7, 11) is 0. The number of anilines is 3. The van der Waals surface area contributed by atoms with Crippen molar-refractivity contribution in [3.8, 4) is 29.4 Å². The Morgan fingerprint density at radius 1 is 1.26 bits per heavy atom. The number of hydrogen-bond acceptors (Lipinski definition) is 8. The summed E-state index contributed by atoms with van der Waals surface area (Å²) in [6.45, 7) is 2.76. The highest BCUT2D eigenvalue weighted by Gasteiger charge is 2.45. The molecule has 0 radical (unpaired) electrons. The molecule has 220 valence electrons. The number of carbonyl (C=O) groups is 1. The van der Waals surface area contributed by atoms with E-state index in [1.165, 1.54) is 24.3 Å². The number of nitrogen functional groups attached to an aromatic ring is 1. The van der Waals surface area contributed by atoms with Crippen LogP contribution in [0.25, 0.3) is 32.9 Å². The Hall–Kier alpha value is -4.69. The molecule has 9 nitrogen and oxygen atoms in total. The van der Waals surface area contributed by atoms with E-state index in [0.717, 1.165) is 19.3 Å².